The molecule has 1 aliphatic rings. The van der Waals surface area contributed by atoms with Crippen LogP contribution in [0.15, 0.2) is 23.1 Å². The normalized spacial score (nSPS) is 18.7. The molecule has 2 aromatic rings. The Morgan fingerprint density at radius 1 is 1.38 bits per heavy atom. The van der Waals surface area contributed by atoms with Gasteiger partial charge in [0.1, 0.15) is 6.33 Å². The van der Waals surface area contributed by atoms with Crippen LogP contribution in [-0.2, 0) is 4.79 Å². The molecule has 0 saturated carbocycles. The molecule has 1 unspecified atom stereocenters. The van der Waals surface area contributed by atoms with E-state index in [0.717, 1.165) is 36.3 Å². The Morgan fingerprint density at radius 3 is 2.83 bits per heavy atom. The van der Waals surface area contributed by atoms with Crippen molar-refractivity contribution >= 4 is 5.91 Å². The average molecular weight is 328 g/mol. The quantitative estimate of drug-likeness (QED) is 0.846. The lowest BCUT2D eigenvalue weighted by atomic mass is 9.88. The molecule has 0 spiro atoms. The molecule has 24 heavy (non-hydrogen) atoms. The Morgan fingerprint density at radius 2 is 2.17 bits per heavy atom. The van der Waals surface area contributed by atoms with Gasteiger partial charge in [-0.05, 0) is 19.8 Å². The first kappa shape index (κ1) is 16.6. The van der Waals surface area contributed by atoms with Crippen LogP contribution < -0.4 is 0 Å². The van der Waals surface area contributed by atoms with Crippen LogP contribution in [0.4, 0.5) is 0 Å². The number of rotatable bonds is 2. The van der Waals surface area contributed by atoms with Gasteiger partial charge in [-0.25, -0.2) is 9.97 Å². The molecule has 6 heteroatoms. The summed E-state index contributed by atoms with van der Waals surface area (Å²) in [6, 6.07) is 1.89. The Kier molecular flexibility index (Phi) is 4.39. The third kappa shape index (κ3) is 3.32. The largest absolute Gasteiger partial charge is 0.356 e. The van der Waals surface area contributed by atoms with Crippen LogP contribution in [0.3, 0.4) is 0 Å². The van der Waals surface area contributed by atoms with Crippen LogP contribution in [0, 0.1) is 12.3 Å². The van der Waals surface area contributed by atoms with Gasteiger partial charge in [-0.1, -0.05) is 25.9 Å². The fraction of sp³-hybridized carbons (Fsp3) is 0.556. The molecule has 3 rings (SSSR count). The fourth-order valence-corrected chi connectivity index (χ4v) is 3.20. The van der Waals surface area contributed by atoms with Gasteiger partial charge in [0.25, 0.3) is 0 Å². The number of hydrogen-bond acceptors (Lipinski definition) is 5. The van der Waals surface area contributed by atoms with Crippen LogP contribution in [0.5, 0.6) is 0 Å². The molecule has 1 amide bonds. The summed E-state index contributed by atoms with van der Waals surface area (Å²) in [6.45, 7) is 9.29. The smallest absolute Gasteiger partial charge is 0.227 e. The van der Waals surface area contributed by atoms with Crippen molar-refractivity contribution in [1.82, 2.24) is 20.0 Å². The number of carbonyl (C=O) groups excluding carboxylic acids is 1. The minimum Gasteiger partial charge on any atom is -0.356 e. The maximum atomic E-state index is 12.6. The zero-order valence-corrected chi connectivity index (χ0v) is 14.7. The SMILES string of the molecule is Cc1cc(-c2cncnc2C2CCCN(C(=O)C(C)(C)C)C2)on1. The zero-order chi connectivity index (χ0) is 17.3. The van der Waals surface area contributed by atoms with E-state index in [4.69, 9.17) is 4.52 Å². The van der Waals surface area contributed by atoms with Crippen molar-refractivity contribution < 1.29 is 9.32 Å². The summed E-state index contributed by atoms with van der Waals surface area (Å²) in [6.07, 6.45) is 5.32. The van der Waals surface area contributed by atoms with E-state index in [1.54, 1.807) is 12.5 Å². The summed E-state index contributed by atoms with van der Waals surface area (Å²) in [4.78, 5) is 23.2. The van der Waals surface area contributed by atoms with E-state index in [-0.39, 0.29) is 17.2 Å². The summed E-state index contributed by atoms with van der Waals surface area (Å²) >= 11 is 0. The maximum Gasteiger partial charge on any atom is 0.227 e. The topological polar surface area (TPSA) is 72.1 Å². The number of aryl methyl sites for hydroxylation is 1. The molecule has 3 heterocycles. The molecule has 0 radical (unpaired) electrons. The third-order valence-corrected chi connectivity index (χ3v) is 4.37. The van der Waals surface area contributed by atoms with Crippen molar-refractivity contribution in [2.75, 3.05) is 13.1 Å². The van der Waals surface area contributed by atoms with E-state index in [9.17, 15) is 4.79 Å². The third-order valence-electron chi connectivity index (χ3n) is 4.37. The molecule has 0 aromatic carbocycles. The summed E-state index contributed by atoms with van der Waals surface area (Å²) in [5.74, 6) is 1.06. The Bertz CT molecular complexity index is 733. The fourth-order valence-electron chi connectivity index (χ4n) is 3.20. The van der Waals surface area contributed by atoms with Gasteiger partial charge in [0.05, 0.1) is 17.0 Å². The number of amides is 1. The molecule has 0 N–H and O–H groups in total. The van der Waals surface area contributed by atoms with Gasteiger partial charge in [-0.15, -0.1) is 0 Å². The molecule has 1 atom stereocenters. The lowest BCUT2D eigenvalue weighted by Gasteiger charge is -2.36. The highest BCUT2D eigenvalue weighted by atomic mass is 16.5. The van der Waals surface area contributed by atoms with Crippen molar-refractivity contribution in [3.8, 4) is 11.3 Å². The number of likely N-dealkylation sites (tertiary alicyclic amines) is 1. The highest BCUT2D eigenvalue weighted by Gasteiger charge is 2.33. The van der Waals surface area contributed by atoms with E-state index >= 15 is 0 Å². The first-order chi connectivity index (χ1) is 11.4. The first-order valence-corrected chi connectivity index (χ1v) is 8.39. The Balaban J connectivity index is 1.88. The van der Waals surface area contributed by atoms with Crippen LogP contribution in [0.1, 0.15) is 50.9 Å². The summed E-state index contributed by atoms with van der Waals surface area (Å²) < 4.78 is 5.40. The minimum atomic E-state index is -0.363. The van der Waals surface area contributed by atoms with Gasteiger partial charge in [0, 0.05) is 36.7 Å². The number of aromatic nitrogens is 3. The van der Waals surface area contributed by atoms with Crippen LogP contribution >= 0.6 is 0 Å². The first-order valence-electron chi connectivity index (χ1n) is 8.39. The predicted molar refractivity (Wildman–Crippen MR) is 90.3 cm³/mol. The van der Waals surface area contributed by atoms with Crippen molar-refractivity contribution in [1.29, 1.82) is 0 Å². The Hall–Kier alpha value is -2.24. The van der Waals surface area contributed by atoms with Gasteiger partial charge in [-0.3, -0.25) is 4.79 Å². The molecule has 128 valence electrons. The Labute approximate surface area is 142 Å². The van der Waals surface area contributed by atoms with Gasteiger partial charge in [0.15, 0.2) is 5.76 Å². The second-order valence-corrected chi connectivity index (χ2v) is 7.49. The van der Waals surface area contributed by atoms with Crippen molar-refractivity contribution in [3.05, 3.63) is 30.0 Å². The van der Waals surface area contributed by atoms with Gasteiger partial charge >= 0.3 is 0 Å². The second-order valence-electron chi connectivity index (χ2n) is 7.49. The van der Waals surface area contributed by atoms with Crippen LogP contribution in [0.2, 0.25) is 0 Å². The van der Waals surface area contributed by atoms with E-state index in [1.807, 2.05) is 38.7 Å². The van der Waals surface area contributed by atoms with Crippen molar-refractivity contribution in [2.24, 2.45) is 5.41 Å². The molecule has 0 aliphatic carbocycles. The molecule has 6 nitrogen and oxygen atoms in total. The second kappa shape index (κ2) is 6.34. The predicted octanol–water partition coefficient (Wildman–Crippen LogP) is 3.19. The number of nitrogens with zero attached hydrogens (tertiary/aromatic N) is 4. The lowest BCUT2D eigenvalue weighted by Crippen LogP contribution is -2.44. The standard InChI is InChI=1S/C18H24N4O2/c1-12-8-15(24-21-12)14-9-19-11-20-16(14)13-6-5-7-22(10-13)17(23)18(2,3)4/h8-9,11,13H,5-7,10H2,1-4H3. The van der Waals surface area contributed by atoms with Crippen LogP contribution in [0.25, 0.3) is 11.3 Å². The lowest BCUT2D eigenvalue weighted by molar-refractivity contribution is -0.140. The molecular weight excluding hydrogens is 304 g/mol. The number of piperidine rings is 1. The molecule has 1 fully saturated rings. The summed E-state index contributed by atoms with van der Waals surface area (Å²) in [5.41, 5.74) is 2.27. The maximum absolute atomic E-state index is 12.6. The van der Waals surface area contributed by atoms with Crippen molar-refractivity contribution in [2.45, 2.75) is 46.5 Å². The van der Waals surface area contributed by atoms with Gasteiger partial charge < -0.3 is 9.42 Å². The molecule has 0 bridgehead atoms. The molecule has 1 saturated heterocycles. The van der Waals surface area contributed by atoms with E-state index in [2.05, 4.69) is 15.1 Å². The van der Waals surface area contributed by atoms with E-state index in [0.29, 0.717) is 12.3 Å². The summed E-state index contributed by atoms with van der Waals surface area (Å²) in [7, 11) is 0. The summed E-state index contributed by atoms with van der Waals surface area (Å²) in [5, 5.41) is 3.96. The van der Waals surface area contributed by atoms with E-state index in [1.165, 1.54) is 0 Å². The molecular formula is C18H24N4O2. The van der Waals surface area contributed by atoms with Gasteiger partial charge in [0.2, 0.25) is 5.91 Å². The van der Waals surface area contributed by atoms with Crippen molar-refractivity contribution in [3.63, 3.8) is 0 Å². The highest BCUT2D eigenvalue weighted by Crippen LogP contribution is 2.34. The van der Waals surface area contributed by atoms with Gasteiger partial charge in [-0.2, -0.15) is 0 Å². The number of hydrogen-bond donors (Lipinski definition) is 0. The average Bonchev–Trinajstić information content (AvgIpc) is 3.00. The molecule has 2 aromatic heterocycles. The van der Waals surface area contributed by atoms with E-state index < -0.39 is 0 Å². The molecule has 1 aliphatic heterocycles. The monoisotopic (exact) mass is 328 g/mol. The highest BCUT2D eigenvalue weighted by molar-refractivity contribution is 5.81. The minimum absolute atomic E-state index is 0.188. The van der Waals surface area contributed by atoms with Crippen LogP contribution in [-0.4, -0.2) is 39.0 Å². The zero-order valence-electron chi connectivity index (χ0n) is 14.7. The number of carbonyl (C=O) groups is 1.